The van der Waals surface area contributed by atoms with E-state index < -0.39 is 10.0 Å². The summed E-state index contributed by atoms with van der Waals surface area (Å²) in [6.07, 6.45) is 7.03. The predicted octanol–water partition coefficient (Wildman–Crippen LogP) is 2.78. The van der Waals surface area contributed by atoms with Crippen LogP contribution in [0.2, 0.25) is 0 Å². The molecule has 2 aliphatic rings. The maximum absolute atomic E-state index is 12.8. The van der Waals surface area contributed by atoms with Crippen LogP contribution >= 0.6 is 0 Å². The fourth-order valence-electron chi connectivity index (χ4n) is 4.28. The molecule has 0 aromatic carbocycles. The Kier molecular flexibility index (Phi) is 5.72. The molecule has 29 heavy (non-hydrogen) atoms. The normalized spacial score (nSPS) is 22.9. The monoisotopic (exact) mass is 420 g/mol. The van der Waals surface area contributed by atoms with E-state index in [2.05, 4.69) is 15.1 Å². The van der Waals surface area contributed by atoms with E-state index in [0.717, 1.165) is 25.1 Å². The van der Waals surface area contributed by atoms with Crippen LogP contribution in [0.3, 0.4) is 0 Å². The molecule has 2 aromatic rings. The molecule has 4 heterocycles. The Labute approximate surface area is 171 Å². The minimum atomic E-state index is -3.50. The van der Waals surface area contributed by atoms with Gasteiger partial charge in [0.05, 0.1) is 5.60 Å². The van der Waals surface area contributed by atoms with E-state index in [-0.39, 0.29) is 16.4 Å². The molecule has 0 N–H and O–H groups in total. The van der Waals surface area contributed by atoms with Gasteiger partial charge in [0.25, 0.3) is 0 Å². The molecule has 1 atom stereocenters. The van der Waals surface area contributed by atoms with Crippen molar-refractivity contribution in [1.82, 2.24) is 19.4 Å². The first kappa shape index (κ1) is 20.4. The Balaban J connectivity index is 1.38. The summed E-state index contributed by atoms with van der Waals surface area (Å²) in [4.78, 5) is 8.69. The van der Waals surface area contributed by atoms with Crippen molar-refractivity contribution in [3.05, 3.63) is 36.2 Å². The minimum Gasteiger partial charge on any atom is -0.375 e. The Bertz CT molecular complexity index is 921. The molecule has 0 amide bonds. The van der Waals surface area contributed by atoms with Gasteiger partial charge in [-0.15, -0.1) is 0 Å². The van der Waals surface area contributed by atoms with Crippen molar-refractivity contribution in [3.63, 3.8) is 0 Å². The molecule has 9 heteroatoms. The average Bonchev–Trinajstić information content (AvgIpc) is 3.18. The quantitative estimate of drug-likeness (QED) is 0.733. The van der Waals surface area contributed by atoms with Crippen LogP contribution in [0, 0.1) is 5.92 Å². The van der Waals surface area contributed by atoms with Crippen LogP contribution in [0.15, 0.2) is 33.9 Å². The molecule has 8 nitrogen and oxygen atoms in total. The number of rotatable bonds is 5. The second kappa shape index (κ2) is 8.12. The Morgan fingerprint density at radius 1 is 1.31 bits per heavy atom. The summed E-state index contributed by atoms with van der Waals surface area (Å²) >= 11 is 0. The highest BCUT2D eigenvalue weighted by atomic mass is 32.2. The fraction of sp³-hybridized carbons (Fsp3) is 0.650. The number of nitrogens with zero attached hydrogens (tertiary/aromatic N) is 4. The molecule has 158 valence electrons. The molecule has 0 saturated carbocycles. The van der Waals surface area contributed by atoms with Gasteiger partial charge in [0.2, 0.25) is 15.9 Å². The molecule has 1 spiro atoms. The van der Waals surface area contributed by atoms with Gasteiger partial charge in [-0.1, -0.05) is 19.0 Å². The van der Waals surface area contributed by atoms with Crippen molar-refractivity contribution in [3.8, 4) is 0 Å². The highest BCUT2D eigenvalue weighted by molar-refractivity contribution is 7.89. The molecule has 2 aromatic heterocycles. The zero-order valence-corrected chi connectivity index (χ0v) is 17.8. The van der Waals surface area contributed by atoms with Crippen molar-refractivity contribution in [2.45, 2.75) is 62.4 Å². The maximum atomic E-state index is 12.8. The van der Waals surface area contributed by atoms with Crippen LogP contribution in [0.5, 0.6) is 0 Å². The van der Waals surface area contributed by atoms with Crippen molar-refractivity contribution < 1.29 is 17.7 Å². The van der Waals surface area contributed by atoms with Gasteiger partial charge < -0.3 is 9.26 Å². The molecule has 2 aliphatic heterocycles. The molecular weight excluding hydrogens is 392 g/mol. The number of hydrogen-bond donors (Lipinski definition) is 0. The number of aromatic nitrogens is 3. The SMILES string of the molecule is CC(C)c1nc(CC2CCOC3(CCN(S(=O)(=O)c4cccnc4)CC3)C2)no1. The van der Waals surface area contributed by atoms with Gasteiger partial charge in [-0.2, -0.15) is 9.29 Å². The lowest BCUT2D eigenvalue weighted by molar-refractivity contribution is -0.120. The minimum absolute atomic E-state index is 0.225. The van der Waals surface area contributed by atoms with Gasteiger partial charge in [0.15, 0.2) is 5.82 Å². The number of ether oxygens (including phenoxy) is 1. The number of pyridine rings is 1. The standard InChI is InChI=1S/C20H28N4O4S/c1-15(2)19-22-18(23-28-19)12-16-5-11-27-20(13-16)6-9-24(10-7-20)29(25,26)17-4-3-8-21-14-17/h3-4,8,14-16H,5-7,9-13H2,1-2H3. The summed E-state index contributed by atoms with van der Waals surface area (Å²) in [6, 6.07) is 3.24. The maximum Gasteiger partial charge on any atom is 0.244 e. The van der Waals surface area contributed by atoms with Crippen LogP contribution in [-0.2, 0) is 21.2 Å². The summed E-state index contributed by atoms with van der Waals surface area (Å²) < 4.78 is 38.7. The molecule has 0 bridgehead atoms. The van der Waals surface area contributed by atoms with E-state index >= 15 is 0 Å². The second-order valence-electron chi connectivity index (χ2n) is 8.39. The van der Waals surface area contributed by atoms with Crippen LogP contribution in [-0.4, -0.2) is 53.1 Å². The van der Waals surface area contributed by atoms with Crippen LogP contribution < -0.4 is 0 Å². The molecule has 0 aliphatic carbocycles. The van der Waals surface area contributed by atoms with Gasteiger partial charge in [0.1, 0.15) is 4.90 Å². The summed E-state index contributed by atoms with van der Waals surface area (Å²) in [5.74, 6) is 2.08. The van der Waals surface area contributed by atoms with Crippen LogP contribution in [0.4, 0.5) is 0 Å². The Hall–Kier alpha value is -1.84. The number of sulfonamides is 1. The first-order valence-corrected chi connectivity index (χ1v) is 11.7. The van der Waals surface area contributed by atoms with Crippen LogP contribution in [0.25, 0.3) is 0 Å². The third-order valence-electron chi connectivity index (χ3n) is 5.95. The van der Waals surface area contributed by atoms with Crippen molar-refractivity contribution >= 4 is 10.0 Å². The van der Waals surface area contributed by atoms with E-state index in [0.29, 0.717) is 44.3 Å². The summed E-state index contributed by atoms with van der Waals surface area (Å²) in [6.45, 7) is 5.68. The highest BCUT2D eigenvalue weighted by Gasteiger charge is 2.43. The van der Waals surface area contributed by atoms with Gasteiger partial charge >= 0.3 is 0 Å². The fourth-order valence-corrected chi connectivity index (χ4v) is 5.68. The van der Waals surface area contributed by atoms with Gasteiger partial charge in [-0.05, 0) is 43.7 Å². The molecule has 2 fully saturated rings. The lowest BCUT2D eigenvalue weighted by atomic mass is 9.78. The summed E-state index contributed by atoms with van der Waals surface area (Å²) in [5.41, 5.74) is -0.255. The summed E-state index contributed by atoms with van der Waals surface area (Å²) in [5, 5.41) is 4.12. The molecule has 0 radical (unpaired) electrons. The molecule has 1 unspecified atom stereocenters. The van der Waals surface area contributed by atoms with Gasteiger partial charge in [-0.3, -0.25) is 4.98 Å². The smallest absolute Gasteiger partial charge is 0.244 e. The van der Waals surface area contributed by atoms with E-state index in [9.17, 15) is 8.42 Å². The van der Waals surface area contributed by atoms with Gasteiger partial charge in [-0.25, -0.2) is 8.42 Å². The van der Waals surface area contributed by atoms with Crippen molar-refractivity contribution in [2.24, 2.45) is 5.92 Å². The zero-order chi connectivity index (χ0) is 20.5. The molecular formula is C20H28N4O4S. The first-order chi connectivity index (χ1) is 13.9. The predicted molar refractivity (Wildman–Crippen MR) is 106 cm³/mol. The van der Waals surface area contributed by atoms with Crippen molar-refractivity contribution in [2.75, 3.05) is 19.7 Å². The molecule has 2 saturated heterocycles. The van der Waals surface area contributed by atoms with Crippen LogP contribution in [0.1, 0.15) is 57.2 Å². The van der Waals surface area contributed by atoms with E-state index in [1.54, 1.807) is 22.6 Å². The van der Waals surface area contributed by atoms with Crippen molar-refractivity contribution in [1.29, 1.82) is 0 Å². The third-order valence-corrected chi connectivity index (χ3v) is 7.83. The average molecular weight is 421 g/mol. The lowest BCUT2D eigenvalue weighted by Gasteiger charge is -2.45. The topological polar surface area (TPSA) is 98.4 Å². The number of hydrogen-bond acceptors (Lipinski definition) is 7. The zero-order valence-electron chi connectivity index (χ0n) is 17.0. The summed E-state index contributed by atoms with van der Waals surface area (Å²) in [7, 11) is -3.50. The number of piperidine rings is 1. The Morgan fingerprint density at radius 2 is 2.10 bits per heavy atom. The van der Waals surface area contributed by atoms with E-state index in [1.165, 1.54) is 6.20 Å². The largest absolute Gasteiger partial charge is 0.375 e. The first-order valence-electron chi connectivity index (χ1n) is 10.2. The van der Waals surface area contributed by atoms with Gasteiger partial charge in [0, 0.05) is 44.4 Å². The highest BCUT2D eigenvalue weighted by Crippen LogP contribution is 2.39. The lowest BCUT2D eigenvalue weighted by Crippen LogP contribution is -2.50. The third kappa shape index (κ3) is 4.36. The van der Waals surface area contributed by atoms with E-state index in [4.69, 9.17) is 9.26 Å². The second-order valence-corrected chi connectivity index (χ2v) is 10.3. The molecule has 4 rings (SSSR count). The van der Waals surface area contributed by atoms with E-state index in [1.807, 2.05) is 13.8 Å². The Morgan fingerprint density at radius 3 is 2.76 bits per heavy atom.